The molecule has 1 atom stereocenters. The van der Waals surface area contributed by atoms with Crippen molar-refractivity contribution in [2.45, 2.75) is 32.7 Å². The number of benzene rings is 2. The Balaban J connectivity index is 1.70. The molecule has 7 heteroatoms. The number of piperidine rings is 1. The van der Waals surface area contributed by atoms with E-state index in [-0.39, 0.29) is 5.91 Å². The molecule has 0 N–H and O–H groups in total. The lowest BCUT2D eigenvalue weighted by Crippen LogP contribution is -2.34. The number of likely N-dealkylation sites (tertiary alicyclic amines) is 1. The summed E-state index contributed by atoms with van der Waals surface area (Å²) in [5, 5.41) is 0. The summed E-state index contributed by atoms with van der Waals surface area (Å²) in [7, 11) is 5.43. The molecule has 0 bridgehead atoms. The van der Waals surface area contributed by atoms with Crippen LogP contribution in [0.2, 0.25) is 0 Å². The second kappa shape index (κ2) is 11.0. The minimum Gasteiger partial charge on any atom is -0.493 e. The van der Waals surface area contributed by atoms with Crippen LogP contribution in [0.15, 0.2) is 30.3 Å². The van der Waals surface area contributed by atoms with Crippen molar-refractivity contribution in [2.24, 2.45) is 5.92 Å². The number of ether oxygens (including phenoxy) is 4. The topological polar surface area (TPSA) is 60.5 Å². The summed E-state index contributed by atoms with van der Waals surface area (Å²) in [4.78, 5) is 16.7. The van der Waals surface area contributed by atoms with E-state index in [1.165, 1.54) is 12.8 Å². The van der Waals surface area contributed by atoms with Crippen molar-refractivity contribution in [3.05, 3.63) is 35.9 Å². The summed E-state index contributed by atoms with van der Waals surface area (Å²) in [6.45, 7) is 6.25. The van der Waals surface area contributed by atoms with Gasteiger partial charge in [-0.15, -0.1) is 0 Å². The fourth-order valence-electron chi connectivity index (χ4n) is 4.83. The average molecular weight is 469 g/mol. The molecule has 1 unspecified atom stereocenters. The van der Waals surface area contributed by atoms with Crippen molar-refractivity contribution in [1.82, 2.24) is 9.80 Å². The molecule has 2 aliphatic heterocycles. The molecule has 1 amide bonds. The van der Waals surface area contributed by atoms with E-state index in [0.717, 1.165) is 41.3 Å². The summed E-state index contributed by atoms with van der Waals surface area (Å²) in [6.07, 6.45) is 2.84. The molecule has 34 heavy (non-hydrogen) atoms. The van der Waals surface area contributed by atoms with Crippen LogP contribution in [0.25, 0.3) is 11.1 Å². The van der Waals surface area contributed by atoms with Crippen molar-refractivity contribution in [3.63, 3.8) is 0 Å². The van der Waals surface area contributed by atoms with Crippen LogP contribution in [0.1, 0.15) is 31.7 Å². The highest BCUT2D eigenvalue weighted by Gasteiger charge is 2.25. The van der Waals surface area contributed by atoms with Gasteiger partial charge >= 0.3 is 0 Å². The Labute approximate surface area is 202 Å². The minimum atomic E-state index is 0.126. The van der Waals surface area contributed by atoms with Gasteiger partial charge < -0.3 is 28.7 Å². The molecule has 2 aromatic carbocycles. The summed E-state index contributed by atoms with van der Waals surface area (Å²) >= 11 is 0. The SMILES string of the molecule is CCC(=O)N1CCOc2c(cc(-c3ccc(OC)c(OC)c3)cc2OCC2CCCN(C)C2)C1. The zero-order chi connectivity index (χ0) is 24.1. The van der Waals surface area contributed by atoms with E-state index in [9.17, 15) is 4.79 Å². The van der Waals surface area contributed by atoms with Crippen LogP contribution >= 0.6 is 0 Å². The number of carbonyl (C=O) groups is 1. The molecule has 1 fully saturated rings. The van der Waals surface area contributed by atoms with Gasteiger partial charge in [-0.3, -0.25) is 4.79 Å². The first-order chi connectivity index (χ1) is 16.5. The Morgan fingerprint density at radius 2 is 1.85 bits per heavy atom. The molecule has 2 aromatic rings. The fourth-order valence-corrected chi connectivity index (χ4v) is 4.83. The number of nitrogens with zero attached hydrogens (tertiary/aromatic N) is 2. The third kappa shape index (κ3) is 5.41. The maximum absolute atomic E-state index is 12.5. The van der Waals surface area contributed by atoms with Crippen molar-refractivity contribution in [3.8, 4) is 34.1 Å². The summed E-state index contributed by atoms with van der Waals surface area (Å²) in [6, 6.07) is 10.0. The van der Waals surface area contributed by atoms with Gasteiger partial charge in [-0.1, -0.05) is 13.0 Å². The standard InChI is InChI=1S/C27H36N2O5/c1-5-26(30)29-11-12-33-27-22(17-29)13-21(20-8-9-23(31-3)24(14-20)32-4)15-25(27)34-18-19-7-6-10-28(2)16-19/h8-9,13-15,19H,5-7,10-12,16-18H2,1-4H3. The molecule has 0 aromatic heterocycles. The third-order valence-corrected chi connectivity index (χ3v) is 6.67. The second-order valence-corrected chi connectivity index (χ2v) is 9.13. The Hall–Kier alpha value is -2.93. The highest BCUT2D eigenvalue weighted by atomic mass is 16.5. The van der Waals surface area contributed by atoms with E-state index in [0.29, 0.717) is 50.1 Å². The number of hydrogen-bond acceptors (Lipinski definition) is 6. The van der Waals surface area contributed by atoms with Gasteiger partial charge in [0.1, 0.15) is 6.61 Å². The predicted molar refractivity (Wildman–Crippen MR) is 132 cm³/mol. The molecule has 0 radical (unpaired) electrons. The first-order valence-electron chi connectivity index (χ1n) is 12.1. The quantitative estimate of drug-likeness (QED) is 0.606. The number of amides is 1. The van der Waals surface area contributed by atoms with E-state index in [1.807, 2.05) is 36.1 Å². The smallest absolute Gasteiger partial charge is 0.222 e. The monoisotopic (exact) mass is 468 g/mol. The van der Waals surface area contributed by atoms with E-state index in [2.05, 4.69) is 18.0 Å². The molecule has 184 valence electrons. The number of methoxy groups -OCH3 is 2. The first kappa shape index (κ1) is 24.2. The van der Waals surface area contributed by atoms with Gasteiger partial charge in [0.05, 0.1) is 27.4 Å². The zero-order valence-corrected chi connectivity index (χ0v) is 20.8. The highest BCUT2D eigenvalue weighted by Crippen LogP contribution is 2.41. The molecule has 0 spiro atoms. The molecule has 2 aliphatic rings. The van der Waals surface area contributed by atoms with Crippen LogP contribution in [0.4, 0.5) is 0 Å². The Kier molecular flexibility index (Phi) is 7.83. The van der Waals surface area contributed by atoms with Crippen molar-refractivity contribution < 1.29 is 23.7 Å². The van der Waals surface area contributed by atoms with Crippen LogP contribution in [0.5, 0.6) is 23.0 Å². The predicted octanol–water partition coefficient (Wildman–Crippen LogP) is 4.22. The lowest BCUT2D eigenvalue weighted by molar-refractivity contribution is -0.131. The minimum absolute atomic E-state index is 0.126. The van der Waals surface area contributed by atoms with Gasteiger partial charge in [-0.05, 0) is 61.8 Å². The lowest BCUT2D eigenvalue weighted by atomic mass is 9.99. The molecule has 0 saturated carbocycles. The molecule has 1 saturated heterocycles. The normalized spacial score (nSPS) is 18.5. The van der Waals surface area contributed by atoms with E-state index < -0.39 is 0 Å². The van der Waals surface area contributed by atoms with Crippen LogP contribution in [-0.4, -0.2) is 69.8 Å². The van der Waals surface area contributed by atoms with Gasteiger partial charge in [-0.25, -0.2) is 0 Å². The van der Waals surface area contributed by atoms with Crippen molar-refractivity contribution in [1.29, 1.82) is 0 Å². The summed E-state index contributed by atoms with van der Waals surface area (Å²) in [5.41, 5.74) is 2.94. The first-order valence-corrected chi connectivity index (χ1v) is 12.1. The van der Waals surface area contributed by atoms with Gasteiger partial charge in [0.15, 0.2) is 23.0 Å². The Morgan fingerprint density at radius 1 is 1.06 bits per heavy atom. The average Bonchev–Trinajstić information content (AvgIpc) is 3.09. The van der Waals surface area contributed by atoms with Crippen molar-refractivity contribution >= 4 is 5.91 Å². The van der Waals surface area contributed by atoms with E-state index >= 15 is 0 Å². The van der Waals surface area contributed by atoms with Gasteiger partial charge in [0.2, 0.25) is 5.91 Å². The Morgan fingerprint density at radius 3 is 2.59 bits per heavy atom. The third-order valence-electron chi connectivity index (χ3n) is 6.67. The number of fused-ring (bicyclic) bond motifs is 1. The Bertz CT molecular complexity index is 1010. The van der Waals surface area contributed by atoms with Gasteiger partial charge in [0, 0.05) is 31.0 Å². The number of carbonyl (C=O) groups excluding carboxylic acids is 1. The maximum atomic E-state index is 12.5. The highest BCUT2D eigenvalue weighted by molar-refractivity contribution is 5.77. The van der Waals surface area contributed by atoms with E-state index in [1.54, 1.807) is 14.2 Å². The molecule has 4 rings (SSSR count). The molecule has 7 nitrogen and oxygen atoms in total. The van der Waals surface area contributed by atoms with Crippen LogP contribution < -0.4 is 18.9 Å². The number of rotatable bonds is 7. The maximum Gasteiger partial charge on any atom is 0.222 e. The van der Waals surface area contributed by atoms with Crippen LogP contribution in [-0.2, 0) is 11.3 Å². The van der Waals surface area contributed by atoms with Crippen LogP contribution in [0.3, 0.4) is 0 Å². The summed E-state index contributed by atoms with van der Waals surface area (Å²) in [5.74, 6) is 3.45. The van der Waals surface area contributed by atoms with E-state index in [4.69, 9.17) is 18.9 Å². The van der Waals surface area contributed by atoms with Crippen molar-refractivity contribution in [2.75, 3.05) is 54.1 Å². The number of hydrogen-bond donors (Lipinski definition) is 0. The molecule has 2 heterocycles. The molecular formula is C27H36N2O5. The summed E-state index contributed by atoms with van der Waals surface area (Å²) < 4.78 is 23.5. The largest absolute Gasteiger partial charge is 0.493 e. The second-order valence-electron chi connectivity index (χ2n) is 9.13. The fraction of sp³-hybridized carbons (Fsp3) is 0.519. The molecular weight excluding hydrogens is 432 g/mol. The molecule has 0 aliphatic carbocycles. The van der Waals surface area contributed by atoms with Gasteiger partial charge in [-0.2, -0.15) is 0 Å². The van der Waals surface area contributed by atoms with Crippen LogP contribution in [0, 0.1) is 5.92 Å². The lowest BCUT2D eigenvalue weighted by Gasteiger charge is -2.29. The van der Waals surface area contributed by atoms with Gasteiger partial charge in [0.25, 0.3) is 0 Å². The zero-order valence-electron chi connectivity index (χ0n) is 20.8.